The average Bonchev–Trinajstić information content (AvgIpc) is 3.15. The topological polar surface area (TPSA) is 88.3 Å². The number of piperazine rings is 1. The van der Waals surface area contributed by atoms with Crippen LogP contribution in [0.15, 0.2) is 12.3 Å². The maximum atomic E-state index is 11.7. The summed E-state index contributed by atoms with van der Waals surface area (Å²) in [7, 11) is 0. The molecule has 2 unspecified atom stereocenters. The highest BCUT2D eigenvalue weighted by Gasteiger charge is 2.56. The Kier molecular flexibility index (Phi) is 5.39. The number of hydrogen-bond acceptors (Lipinski definition) is 6. The predicted molar refractivity (Wildman–Crippen MR) is 90.3 cm³/mol. The van der Waals surface area contributed by atoms with Crippen LogP contribution in [0, 0.1) is 12.3 Å². The number of ether oxygens (including phenoxy) is 2. The van der Waals surface area contributed by atoms with Crippen molar-refractivity contribution in [1.82, 2.24) is 14.7 Å². The normalized spacial score (nSPS) is 32.8. The standard InChI is InChI=1S/C17H24N4O4/c1-2-4-19-6-8-20(9-7-19)12-17-11-14(24-13-17)15(25-17)21(16(18)23)5-3-10-22/h1,3,5,10,14-15H,4,6-9,11-13H2,(H2,18,23)/b5-3-/t14?,15-,17?/m1/s1. The van der Waals surface area contributed by atoms with E-state index in [0.717, 1.165) is 32.7 Å². The van der Waals surface area contributed by atoms with Gasteiger partial charge in [0, 0.05) is 45.3 Å². The lowest BCUT2D eigenvalue weighted by molar-refractivity contribution is -0.181. The molecule has 25 heavy (non-hydrogen) atoms. The quantitative estimate of drug-likeness (QED) is 0.385. The Morgan fingerprint density at radius 1 is 1.36 bits per heavy atom. The van der Waals surface area contributed by atoms with Crippen molar-refractivity contribution in [2.75, 3.05) is 45.9 Å². The van der Waals surface area contributed by atoms with Gasteiger partial charge in [0.15, 0.2) is 6.23 Å². The largest absolute Gasteiger partial charge is 0.370 e. The third-order valence-electron chi connectivity index (χ3n) is 4.97. The Morgan fingerprint density at radius 3 is 2.72 bits per heavy atom. The van der Waals surface area contributed by atoms with E-state index < -0.39 is 17.9 Å². The molecule has 0 spiro atoms. The van der Waals surface area contributed by atoms with E-state index in [-0.39, 0.29) is 6.10 Å². The highest BCUT2D eigenvalue weighted by molar-refractivity contribution is 5.75. The Hall–Kier alpha value is -1.92. The maximum Gasteiger partial charge on any atom is 0.321 e. The van der Waals surface area contributed by atoms with Crippen LogP contribution in [0.4, 0.5) is 4.79 Å². The van der Waals surface area contributed by atoms with E-state index in [1.807, 2.05) is 0 Å². The number of rotatable bonds is 6. The molecule has 3 fully saturated rings. The van der Waals surface area contributed by atoms with E-state index in [0.29, 0.717) is 25.9 Å². The van der Waals surface area contributed by atoms with E-state index in [2.05, 4.69) is 15.7 Å². The maximum absolute atomic E-state index is 11.7. The Bertz CT molecular complexity index is 582. The molecule has 2 bridgehead atoms. The fourth-order valence-electron chi connectivity index (χ4n) is 3.78. The summed E-state index contributed by atoms with van der Waals surface area (Å²) in [6, 6.07) is -0.669. The third-order valence-corrected chi connectivity index (χ3v) is 4.97. The molecule has 3 aliphatic rings. The molecule has 0 aromatic rings. The molecule has 2 amide bonds. The van der Waals surface area contributed by atoms with E-state index in [9.17, 15) is 9.59 Å². The molecule has 3 rings (SSSR count). The van der Waals surface area contributed by atoms with Gasteiger partial charge in [-0.05, 0) is 6.08 Å². The molecule has 3 saturated heterocycles. The molecule has 3 heterocycles. The number of allylic oxidation sites excluding steroid dienone is 1. The number of hydrogen-bond donors (Lipinski definition) is 1. The van der Waals surface area contributed by atoms with Gasteiger partial charge in [0.2, 0.25) is 0 Å². The number of carbonyl (C=O) groups excluding carboxylic acids is 2. The number of urea groups is 1. The molecule has 3 aliphatic heterocycles. The first-order valence-corrected chi connectivity index (χ1v) is 8.44. The van der Waals surface area contributed by atoms with Crippen molar-refractivity contribution < 1.29 is 19.1 Å². The van der Waals surface area contributed by atoms with Crippen LogP contribution in [0.2, 0.25) is 0 Å². The van der Waals surface area contributed by atoms with Crippen LogP contribution in [-0.2, 0) is 14.3 Å². The van der Waals surface area contributed by atoms with E-state index in [1.165, 1.54) is 17.2 Å². The van der Waals surface area contributed by atoms with Crippen LogP contribution in [0.3, 0.4) is 0 Å². The molecule has 8 heteroatoms. The van der Waals surface area contributed by atoms with Crippen LogP contribution in [0.5, 0.6) is 0 Å². The van der Waals surface area contributed by atoms with Crippen LogP contribution in [0.1, 0.15) is 6.42 Å². The number of carbonyl (C=O) groups is 2. The van der Waals surface area contributed by atoms with Crippen molar-refractivity contribution >= 4 is 12.3 Å². The summed E-state index contributed by atoms with van der Waals surface area (Å²) in [5, 5.41) is 0. The monoisotopic (exact) mass is 348 g/mol. The fraction of sp³-hybridized carbons (Fsp3) is 0.647. The minimum atomic E-state index is -0.669. The SMILES string of the molecule is C#CCN1CCN(CC23COC(C2)[C@H](N(/C=C\C=O)C(N)=O)O3)CC1. The van der Waals surface area contributed by atoms with Gasteiger partial charge in [0.25, 0.3) is 0 Å². The summed E-state index contributed by atoms with van der Waals surface area (Å²) in [6.07, 6.45) is 8.41. The van der Waals surface area contributed by atoms with Crippen LogP contribution >= 0.6 is 0 Å². The molecule has 0 aliphatic carbocycles. The van der Waals surface area contributed by atoms with Crippen molar-refractivity contribution in [1.29, 1.82) is 0 Å². The first-order valence-electron chi connectivity index (χ1n) is 8.44. The molecular weight excluding hydrogens is 324 g/mol. The summed E-state index contributed by atoms with van der Waals surface area (Å²) in [6.45, 7) is 5.64. The number of fused-ring (bicyclic) bond motifs is 2. The molecule has 8 nitrogen and oxygen atoms in total. The lowest BCUT2D eigenvalue weighted by atomic mass is 10.0. The minimum Gasteiger partial charge on any atom is -0.370 e. The van der Waals surface area contributed by atoms with Gasteiger partial charge in [0.05, 0.1) is 13.2 Å². The van der Waals surface area contributed by atoms with Gasteiger partial charge in [-0.3, -0.25) is 19.5 Å². The van der Waals surface area contributed by atoms with Crippen molar-refractivity contribution in [3.8, 4) is 12.3 Å². The molecule has 3 atom stereocenters. The van der Waals surface area contributed by atoms with Crippen LogP contribution in [0.25, 0.3) is 0 Å². The zero-order chi connectivity index (χ0) is 17.9. The van der Waals surface area contributed by atoms with Crippen molar-refractivity contribution in [3.63, 3.8) is 0 Å². The summed E-state index contributed by atoms with van der Waals surface area (Å²) >= 11 is 0. The molecule has 136 valence electrons. The van der Waals surface area contributed by atoms with Crippen LogP contribution < -0.4 is 5.73 Å². The van der Waals surface area contributed by atoms with Gasteiger partial charge in [0.1, 0.15) is 18.0 Å². The van der Waals surface area contributed by atoms with Crippen molar-refractivity contribution in [2.45, 2.75) is 24.4 Å². The third kappa shape index (κ3) is 3.85. The number of amides is 2. The summed E-state index contributed by atoms with van der Waals surface area (Å²) in [5.74, 6) is 2.68. The fourth-order valence-corrected chi connectivity index (χ4v) is 3.78. The number of primary amides is 1. The van der Waals surface area contributed by atoms with Crippen LogP contribution in [-0.4, -0.2) is 90.8 Å². The lowest BCUT2D eigenvalue weighted by Gasteiger charge is -2.40. The minimum absolute atomic E-state index is 0.230. The summed E-state index contributed by atoms with van der Waals surface area (Å²) in [5.41, 5.74) is 4.97. The van der Waals surface area contributed by atoms with Gasteiger partial charge in [-0.2, -0.15) is 0 Å². The first kappa shape index (κ1) is 17.9. The van der Waals surface area contributed by atoms with Crippen molar-refractivity contribution in [2.24, 2.45) is 5.73 Å². The van der Waals surface area contributed by atoms with Gasteiger partial charge in [-0.15, -0.1) is 6.42 Å². The lowest BCUT2D eigenvalue weighted by Crippen LogP contribution is -2.55. The second-order valence-electron chi connectivity index (χ2n) is 6.72. The molecule has 0 radical (unpaired) electrons. The Labute approximate surface area is 147 Å². The molecule has 2 N–H and O–H groups in total. The van der Waals surface area contributed by atoms with Gasteiger partial charge in [-0.1, -0.05) is 5.92 Å². The highest BCUT2D eigenvalue weighted by Crippen LogP contribution is 2.41. The Balaban J connectivity index is 1.60. The van der Waals surface area contributed by atoms with Gasteiger partial charge < -0.3 is 15.2 Å². The van der Waals surface area contributed by atoms with Gasteiger partial charge in [-0.25, -0.2) is 4.79 Å². The second-order valence-corrected chi connectivity index (χ2v) is 6.72. The number of nitrogens with zero attached hydrogens (tertiary/aromatic N) is 3. The second kappa shape index (κ2) is 7.54. The van der Waals surface area contributed by atoms with E-state index in [1.54, 1.807) is 0 Å². The van der Waals surface area contributed by atoms with E-state index in [4.69, 9.17) is 21.6 Å². The smallest absolute Gasteiger partial charge is 0.321 e. The first-order chi connectivity index (χ1) is 12.1. The highest BCUT2D eigenvalue weighted by atomic mass is 16.6. The number of aldehydes is 1. The molecule has 0 aromatic heterocycles. The summed E-state index contributed by atoms with van der Waals surface area (Å²) in [4.78, 5) is 28.0. The Morgan fingerprint density at radius 2 is 2.08 bits per heavy atom. The number of nitrogens with two attached hydrogens (primary N) is 1. The van der Waals surface area contributed by atoms with Crippen molar-refractivity contribution in [3.05, 3.63) is 12.3 Å². The molecule has 0 saturated carbocycles. The zero-order valence-corrected chi connectivity index (χ0v) is 14.2. The number of terminal acetylenes is 1. The molecule has 0 aromatic carbocycles. The van der Waals surface area contributed by atoms with Gasteiger partial charge >= 0.3 is 6.03 Å². The summed E-state index contributed by atoms with van der Waals surface area (Å²) < 4.78 is 12.0. The molecular formula is C17H24N4O4. The average molecular weight is 348 g/mol. The predicted octanol–water partition coefficient (Wildman–Crippen LogP) is -0.785. The zero-order valence-electron chi connectivity index (χ0n) is 14.2. The van der Waals surface area contributed by atoms with E-state index >= 15 is 0 Å².